The van der Waals surface area contributed by atoms with Crippen LogP contribution in [0.3, 0.4) is 0 Å². The van der Waals surface area contributed by atoms with E-state index in [4.69, 9.17) is 0 Å². The first-order valence-corrected chi connectivity index (χ1v) is 10.7. The van der Waals surface area contributed by atoms with Crippen molar-refractivity contribution in [3.63, 3.8) is 0 Å². The molecule has 0 saturated heterocycles. The van der Waals surface area contributed by atoms with E-state index < -0.39 is 0 Å². The number of anilines is 1. The quantitative estimate of drug-likeness (QED) is 0.373. The van der Waals surface area contributed by atoms with Gasteiger partial charge in [0, 0.05) is 23.1 Å². The van der Waals surface area contributed by atoms with Gasteiger partial charge in [-0.3, -0.25) is 4.79 Å². The Bertz CT molecular complexity index is 925. The van der Waals surface area contributed by atoms with Crippen LogP contribution >= 0.6 is 27.7 Å². The van der Waals surface area contributed by atoms with Gasteiger partial charge in [-0.1, -0.05) is 64.1 Å². The first-order valence-electron chi connectivity index (χ1n) is 8.91. The summed E-state index contributed by atoms with van der Waals surface area (Å²) < 4.78 is 2.99. The molecule has 5 nitrogen and oxygen atoms in total. The summed E-state index contributed by atoms with van der Waals surface area (Å²) >= 11 is 4.76. The van der Waals surface area contributed by atoms with Gasteiger partial charge in [0.15, 0.2) is 5.16 Å². The molecule has 0 aliphatic heterocycles. The van der Waals surface area contributed by atoms with Crippen molar-refractivity contribution in [1.29, 1.82) is 0 Å². The van der Waals surface area contributed by atoms with Gasteiger partial charge in [-0.25, -0.2) is 0 Å². The fourth-order valence-electron chi connectivity index (χ4n) is 2.68. The molecule has 7 heteroatoms. The number of nitrogens with zero attached hydrogens (tertiary/aromatic N) is 3. The molecule has 3 aromatic rings. The summed E-state index contributed by atoms with van der Waals surface area (Å²) in [5, 5.41) is 12.2. The lowest BCUT2D eigenvalue weighted by Gasteiger charge is -2.08. The van der Waals surface area contributed by atoms with E-state index in [9.17, 15) is 4.79 Å². The third-order valence-corrected chi connectivity index (χ3v) is 5.54. The number of carbonyl (C=O) groups is 1. The van der Waals surface area contributed by atoms with E-state index in [1.54, 1.807) is 0 Å². The predicted molar refractivity (Wildman–Crippen MR) is 118 cm³/mol. The van der Waals surface area contributed by atoms with Gasteiger partial charge >= 0.3 is 0 Å². The topological polar surface area (TPSA) is 59.8 Å². The van der Waals surface area contributed by atoms with Crippen LogP contribution < -0.4 is 5.32 Å². The van der Waals surface area contributed by atoms with E-state index in [0.29, 0.717) is 6.54 Å². The average molecular weight is 457 g/mol. The highest BCUT2D eigenvalue weighted by atomic mass is 79.9. The molecule has 28 heavy (non-hydrogen) atoms. The minimum absolute atomic E-state index is 0.0775. The number of hydrogen-bond acceptors (Lipinski definition) is 4. The van der Waals surface area contributed by atoms with E-state index in [-0.39, 0.29) is 11.7 Å². The number of amides is 1. The standard InChI is InChI=1S/C21H21BrN4OS/c1-2-14-26-19(13-8-16-6-4-3-5-7-16)24-25-21(26)28-15-20(27)23-18-11-9-17(22)10-12-18/h2-7,9-12H,1,8,13-15H2,(H,23,27). The Morgan fingerprint density at radius 2 is 1.86 bits per heavy atom. The minimum Gasteiger partial charge on any atom is -0.325 e. The number of nitrogens with one attached hydrogen (secondary N) is 1. The van der Waals surface area contributed by atoms with Crippen LogP contribution in [-0.2, 0) is 24.2 Å². The Balaban J connectivity index is 1.59. The van der Waals surface area contributed by atoms with Gasteiger partial charge in [0.1, 0.15) is 5.82 Å². The average Bonchev–Trinajstić information content (AvgIpc) is 3.09. The molecule has 0 spiro atoms. The zero-order valence-electron chi connectivity index (χ0n) is 15.3. The van der Waals surface area contributed by atoms with Crippen molar-refractivity contribution in [1.82, 2.24) is 14.8 Å². The molecule has 0 bridgehead atoms. The third kappa shape index (κ3) is 5.81. The first kappa shape index (κ1) is 20.4. The van der Waals surface area contributed by atoms with E-state index >= 15 is 0 Å². The van der Waals surface area contributed by atoms with Crippen molar-refractivity contribution in [3.05, 3.63) is 83.1 Å². The molecule has 0 radical (unpaired) electrons. The summed E-state index contributed by atoms with van der Waals surface area (Å²) in [6, 6.07) is 17.8. The second kappa shape index (κ2) is 10.2. The van der Waals surface area contributed by atoms with Crippen LogP contribution in [0.5, 0.6) is 0 Å². The highest BCUT2D eigenvalue weighted by Crippen LogP contribution is 2.19. The Hall–Kier alpha value is -2.38. The molecule has 144 valence electrons. The van der Waals surface area contributed by atoms with Crippen molar-refractivity contribution in [2.75, 3.05) is 11.1 Å². The molecule has 1 heterocycles. The van der Waals surface area contributed by atoms with Crippen LogP contribution in [0.15, 0.2) is 76.9 Å². The molecule has 1 N–H and O–H groups in total. The van der Waals surface area contributed by atoms with E-state index in [0.717, 1.165) is 34.0 Å². The van der Waals surface area contributed by atoms with Gasteiger partial charge in [-0.2, -0.15) is 0 Å². The second-order valence-electron chi connectivity index (χ2n) is 6.13. The lowest BCUT2D eigenvalue weighted by atomic mass is 10.1. The molecule has 0 saturated carbocycles. The van der Waals surface area contributed by atoms with Gasteiger partial charge < -0.3 is 9.88 Å². The lowest BCUT2D eigenvalue weighted by Crippen LogP contribution is -2.14. The van der Waals surface area contributed by atoms with Crippen LogP contribution in [-0.4, -0.2) is 26.4 Å². The summed E-state index contributed by atoms with van der Waals surface area (Å²) in [6.07, 6.45) is 3.50. The van der Waals surface area contributed by atoms with Crippen LogP contribution in [0.4, 0.5) is 5.69 Å². The smallest absolute Gasteiger partial charge is 0.234 e. The molecule has 0 aliphatic rings. The van der Waals surface area contributed by atoms with Crippen LogP contribution in [0.25, 0.3) is 0 Å². The van der Waals surface area contributed by atoms with E-state index in [2.05, 4.69) is 50.2 Å². The number of aromatic nitrogens is 3. The van der Waals surface area contributed by atoms with E-state index in [1.165, 1.54) is 17.3 Å². The number of aryl methyl sites for hydroxylation is 2. The number of carbonyl (C=O) groups excluding carboxylic acids is 1. The van der Waals surface area contributed by atoms with Crippen LogP contribution in [0.2, 0.25) is 0 Å². The molecule has 1 aromatic heterocycles. The maximum absolute atomic E-state index is 12.2. The summed E-state index contributed by atoms with van der Waals surface area (Å²) in [5.74, 6) is 1.09. The SMILES string of the molecule is C=CCn1c(CCc2ccccc2)nnc1SCC(=O)Nc1ccc(Br)cc1. The minimum atomic E-state index is -0.0775. The van der Waals surface area contributed by atoms with Crippen molar-refractivity contribution in [2.45, 2.75) is 24.5 Å². The lowest BCUT2D eigenvalue weighted by molar-refractivity contribution is -0.113. The summed E-state index contributed by atoms with van der Waals surface area (Å²) in [5.41, 5.74) is 2.03. The van der Waals surface area contributed by atoms with Gasteiger partial charge in [-0.15, -0.1) is 16.8 Å². The molecule has 2 aromatic carbocycles. The molecule has 3 rings (SSSR count). The monoisotopic (exact) mass is 456 g/mol. The summed E-state index contributed by atoms with van der Waals surface area (Å²) in [4.78, 5) is 12.2. The number of rotatable bonds is 9. The number of thioether (sulfide) groups is 1. The van der Waals surface area contributed by atoms with Gasteiger partial charge in [-0.05, 0) is 36.2 Å². The molecule has 1 amide bonds. The number of halogens is 1. The van der Waals surface area contributed by atoms with Crippen molar-refractivity contribution < 1.29 is 4.79 Å². The van der Waals surface area contributed by atoms with Crippen molar-refractivity contribution in [3.8, 4) is 0 Å². The fourth-order valence-corrected chi connectivity index (χ4v) is 3.72. The van der Waals surface area contributed by atoms with Crippen molar-refractivity contribution in [2.24, 2.45) is 0 Å². The molecule has 0 fully saturated rings. The fraction of sp³-hybridized carbons (Fsp3) is 0.190. The second-order valence-corrected chi connectivity index (χ2v) is 7.99. The van der Waals surface area contributed by atoms with Crippen molar-refractivity contribution >= 4 is 39.3 Å². The predicted octanol–water partition coefficient (Wildman–Crippen LogP) is 4.74. The molecule has 0 atom stereocenters. The molecular weight excluding hydrogens is 436 g/mol. The van der Waals surface area contributed by atoms with Crippen LogP contribution in [0, 0.1) is 0 Å². The Kier molecular flexibility index (Phi) is 7.45. The van der Waals surface area contributed by atoms with E-state index in [1.807, 2.05) is 53.1 Å². The maximum atomic E-state index is 12.2. The zero-order valence-corrected chi connectivity index (χ0v) is 17.7. The van der Waals surface area contributed by atoms with Gasteiger partial charge in [0.05, 0.1) is 5.75 Å². The van der Waals surface area contributed by atoms with Crippen LogP contribution in [0.1, 0.15) is 11.4 Å². The number of allylic oxidation sites excluding steroid dienone is 1. The van der Waals surface area contributed by atoms with Gasteiger partial charge in [0.2, 0.25) is 5.91 Å². The summed E-state index contributed by atoms with van der Waals surface area (Å²) in [7, 11) is 0. The Morgan fingerprint density at radius 1 is 1.11 bits per heavy atom. The number of hydrogen-bond donors (Lipinski definition) is 1. The zero-order chi connectivity index (χ0) is 19.8. The van der Waals surface area contributed by atoms with Gasteiger partial charge in [0.25, 0.3) is 0 Å². The Morgan fingerprint density at radius 3 is 2.57 bits per heavy atom. The number of benzene rings is 2. The molecule has 0 unspecified atom stereocenters. The molecule has 0 aliphatic carbocycles. The third-order valence-electron chi connectivity index (χ3n) is 4.05. The maximum Gasteiger partial charge on any atom is 0.234 e. The largest absolute Gasteiger partial charge is 0.325 e. The summed E-state index contributed by atoms with van der Waals surface area (Å²) in [6.45, 7) is 4.44. The highest BCUT2D eigenvalue weighted by Gasteiger charge is 2.13. The Labute approximate surface area is 177 Å². The first-order chi connectivity index (χ1) is 13.7. The normalized spacial score (nSPS) is 10.6. The highest BCUT2D eigenvalue weighted by molar-refractivity contribution is 9.10. The molecular formula is C21H21BrN4OS.